The molecule has 0 spiro atoms. The van der Waals surface area contributed by atoms with Crippen LogP contribution in [-0.4, -0.2) is 44.6 Å². The van der Waals surface area contributed by atoms with Crippen LogP contribution < -0.4 is 10.5 Å². The minimum absolute atomic E-state index is 0.0696. The van der Waals surface area contributed by atoms with Crippen LogP contribution >= 0.6 is 0 Å². The molecule has 132 valence electrons. The average molecular weight is 359 g/mol. The number of amides is 1. The Morgan fingerprint density at radius 2 is 1.72 bits per heavy atom. The summed E-state index contributed by atoms with van der Waals surface area (Å²) in [6.45, 7) is 0.947. The van der Waals surface area contributed by atoms with E-state index in [9.17, 15) is 13.2 Å². The monoisotopic (exact) mass is 359 g/mol. The molecule has 0 aliphatic carbocycles. The molecule has 0 radical (unpaired) electrons. The summed E-state index contributed by atoms with van der Waals surface area (Å²) < 4.78 is 25.5. The van der Waals surface area contributed by atoms with Crippen LogP contribution in [0.3, 0.4) is 0 Å². The molecule has 0 bridgehead atoms. The molecule has 1 aliphatic rings. The molecule has 1 heterocycles. The third-order valence-electron chi connectivity index (χ3n) is 4.33. The largest absolute Gasteiger partial charge is 0.336 e. The number of rotatable bonds is 4. The zero-order valence-electron chi connectivity index (χ0n) is 13.9. The van der Waals surface area contributed by atoms with Crippen molar-refractivity contribution in [3.8, 4) is 0 Å². The van der Waals surface area contributed by atoms with Crippen molar-refractivity contribution in [2.75, 3.05) is 24.1 Å². The number of nitrogens with one attached hydrogen (secondary N) is 1. The maximum Gasteiger partial charge on any atom is 0.256 e. The third kappa shape index (κ3) is 4.00. The Kier molecular flexibility index (Phi) is 4.78. The standard InChI is InChI=1S/C18H21N3O3S/c1-25(23,24)20-17-10-6-5-9-14(17)18(22)21-11-15(16(19)12-21)13-7-3-2-4-8-13/h2-10,15-16,20H,11-12,19H2,1H3/t15-,16+/m0/s1. The van der Waals surface area contributed by atoms with Gasteiger partial charge in [-0.15, -0.1) is 0 Å². The van der Waals surface area contributed by atoms with E-state index in [1.54, 1.807) is 29.2 Å². The Bertz CT molecular complexity index is 868. The Morgan fingerprint density at radius 1 is 1.08 bits per heavy atom. The number of nitrogens with zero attached hydrogens (tertiary/aromatic N) is 1. The van der Waals surface area contributed by atoms with Crippen molar-refractivity contribution in [1.82, 2.24) is 4.90 Å². The van der Waals surface area contributed by atoms with E-state index in [0.717, 1.165) is 11.8 Å². The molecule has 6 nitrogen and oxygen atoms in total. The quantitative estimate of drug-likeness (QED) is 0.868. The van der Waals surface area contributed by atoms with Crippen LogP contribution in [0, 0.1) is 0 Å². The van der Waals surface area contributed by atoms with E-state index in [0.29, 0.717) is 18.7 Å². The number of anilines is 1. The number of benzene rings is 2. The van der Waals surface area contributed by atoms with Crippen LogP contribution in [-0.2, 0) is 10.0 Å². The van der Waals surface area contributed by atoms with Gasteiger partial charge in [-0.1, -0.05) is 42.5 Å². The molecular weight excluding hydrogens is 338 g/mol. The van der Waals surface area contributed by atoms with Crippen LogP contribution in [0.15, 0.2) is 54.6 Å². The molecule has 1 saturated heterocycles. The van der Waals surface area contributed by atoms with Gasteiger partial charge < -0.3 is 10.6 Å². The summed E-state index contributed by atoms with van der Waals surface area (Å²) in [6, 6.07) is 16.3. The lowest BCUT2D eigenvalue weighted by Crippen LogP contribution is -2.32. The number of likely N-dealkylation sites (tertiary alicyclic amines) is 1. The van der Waals surface area contributed by atoms with Gasteiger partial charge in [0.25, 0.3) is 5.91 Å². The second-order valence-electron chi connectivity index (χ2n) is 6.31. The highest BCUT2D eigenvalue weighted by Gasteiger charge is 2.34. The zero-order valence-corrected chi connectivity index (χ0v) is 14.7. The molecule has 1 aliphatic heterocycles. The number of sulfonamides is 1. The van der Waals surface area contributed by atoms with Crippen LogP contribution in [0.5, 0.6) is 0 Å². The number of carbonyl (C=O) groups is 1. The van der Waals surface area contributed by atoms with Crippen molar-refractivity contribution in [2.45, 2.75) is 12.0 Å². The number of nitrogens with two attached hydrogens (primary N) is 1. The number of hydrogen-bond donors (Lipinski definition) is 2. The molecule has 1 amide bonds. The van der Waals surface area contributed by atoms with Gasteiger partial charge in [-0.3, -0.25) is 9.52 Å². The van der Waals surface area contributed by atoms with Crippen LogP contribution in [0.2, 0.25) is 0 Å². The number of carbonyl (C=O) groups excluding carboxylic acids is 1. The lowest BCUT2D eigenvalue weighted by atomic mass is 9.95. The molecule has 25 heavy (non-hydrogen) atoms. The molecule has 7 heteroatoms. The fourth-order valence-electron chi connectivity index (χ4n) is 3.18. The first-order valence-electron chi connectivity index (χ1n) is 8.02. The molecule has 2 atom stereocenters. The zero-order chi connectivity index (χ0) is 18.0. The maximum atomic E-state index is 12.9. The minimum Gasteiger partial charge on any atom is -0.336 e. The van der Waals surface area contributed by atoms with Gasteiger partial charge in [0.2, 0.25) is 10.0 Å². The highest BCUT2D eigenvalue weighted by atomic mass is 32.2. The summed E-state index contributed by atoms with van der Waals surface area (Å²) >= 11 is 0. The first-order chi connectivity index (χ1) is 11.8. The molecule has 0 aromatic heterocycles. The SMILES string of the molecule is CS(=O)(=O)Nc1ccccc1C(=O)N1C[C@@H](N)[C@H](c2ccccc2)C1. The summed E-state index contributed by atoms with van der Waals surface area (Å²) in [5.41, 5.74) is 7.97. The molecule has 3 rings (SSSR count). The molecule has 0 saturated carbocycles. The fraction of sp³-hybridized carbons (Fsp3) is 0.278. The summed E-state index contributed by atoms with van der Waals surface area (Å²) in [5, 5.41) is 0. The first-order valence-corrected chi connectivity index (χ1v) is 9.91. The molecular formula is C18H21N3O3S. The highest BCUT2D eigenvalue weighted by molar-refractivity contribution is 7.92. The predicted octanol–water partition coefficient (Wildman–Crippen LogP) is 1.62. The van der Waals surface area contributed by atoms with Gasteiger partial charge in [0.1, 0.15) is 0 Å². The molecule has 2 aromatic carbocycles. The van der Waals surface area contributed by atoms with Crippen LogP contribution in [0.1, 0.15) is 21.8 Å². The van der Waals surface area contributed by atoms with Gasteiger partial charge in [0.05, 0.1) is 17.5 Å². The highest BCUT2D eigenvalue weighted by Crippen LogP contribution is 2.28. The van der Waals surface area contributed by atoms with Crippen molar-refractivity contribution in [2.24, 2.45) is 5.73 Å². The predicted molar refractivity (Wildman–Crippen MR) is 98.0 cm³/mol. The van der Waals surface area contributed by atoms with E-state index in [2.05, 4.69) is 4.72 Å². The van der Waals surface area contributed by atoms with Gasteiger partial charge >= 0.3 is 0 Å². The van der Waals surface area contributed by atoms with Gasteiger partial charge in [-0.05, 0) is 17.7 Å². The van der Waals surface area contributed by atoms with E-state index in [-0.39, 0.29) is 23.6 Å². The smallest absolute Gasteiger partial charge is 0.256 e. The van der Waals surface area contributed by atoms with Crippen molar-refractivity contribution >= 4 is 21.6 Å². The second kappa shape index (κ2) is 6.85. The van der Waals surface area contributed by atoms with E-state index in [1.807, 2.05) is 30.3 Å². The number of hydrogen-bond acceptors (Lipinski definition) is 4. The molecule has 3 N–H and O–H groups in total. The lowest BCUT2D eigenvalue weighted by Gasteiger charge is -2.18. The summed E-state index contributed by atoms with van der Waals surface area (Å²) in [7, 11) is -3.47. The lowest BCUT2D eigenvalue weighted by molar-refractivity contribution is 0.0790. The Morgan fingerprint density at radius 3 is 2.40 bits per heavy atom. The van der Waals surface area contributed by atoms with Crippen molar-refractivity contribution in [3.05, 3.63) is 65.7 Å². The van der Waals surface area contributed by atoms with Crippen LogP contribution in [0.4, 0.5) is 5.69 Å². The van der Waals surface area contributed by atoms with Gasteiger partial charge in [-0.2, -0.15) is 0 Å². The van der Waals surface area contributed by atoms with Gasteiger partial charge in [-0.25, -0.2) is 8.42 Å². The normalized spacial score (nSPS) is 20.5. The second-order valence-corrected chi connectivity index (χ2v) is 8.06. The third-order valence-corrected chi connectivity index (χ3v) is 4.92. The van der Waals surface area contributed by atoms with E-state index < -0.39 is 10.0 Å². The Hall–Kier alpha value is -2.38. The fourth-order valence-corrected chi connectivity index (χ4v) is 3.75. The summed E-state index contributed by atoms with van der Waals surface area (Å²) in [5.74, 6) is -0.152. The van der Waals surface area contributed by atoms with Gasteiger partial charge in [0.15, 0.2) is 0 Å². The molecule has 1 fully saturated rings. The summed E-state index contributed by atoms with van der Waals surface area (Å²) in [4.78, 5) is 14.6. The molecule has 2 aromatic rings. The topological polar surface area (TPSA) is 92.5 Å². The van der Waals surface area contributed by atoms with Crippen molar-refractivity contribution in [1.29, 1.82) is 0 Å². The Labute approximate surface area is 147 Å². The van der Waals surface area contributed by atoms with E-state index in [1.165, 1.54) is 0 Å². The number of para-hydroxylation sites is 1. The Balaban J connectivity index is 1.83. The molecule has 0 unspecified atom stereocenters. The first kappa shape index (κ1) is 17.4. The van der Waals surface area contributed by atoms with Crippen molar-refractivity contribution < 1.29 is 13.2 Å². The minimum atomic E-state index is -3.47. The maximum absolute atomic E-state index is 12.9. The summed E-state index contributed by atoms with van der Waals surface area (Å²) in [6.07, 6.45) is 1.06. The average Bonchev–Trinajstić information content (AvgIpc) is 2.96. The van der Waals surface area contributed by atoms with E-state index in [4.69, 9.17) is 5.73 Å². The van der Waals surface area contributed by atoms with Crippen LogP contribution in [0.25, 0.3) is 0 Å². The van der Waals surface area contributed by atoms with Gasteiger partial charge in [0, 0.05) is 25.0 Å². The van der Waals surface area contributed by atoms with E-state index >= 15 is 0 Å². The van der Waals surface area contributed by atoms with Crippen molar-refractivity contribution in [3.63, 3.8) is 0 Å².